The number of nitrogens with one attached hydrogen (secondary N) is 2. The number of hydrogen-bond donors (Lipinski definition) is 2. The van der Waals surface area contributed by atoms with Crippen LogP contribution in [0.2, 0.25) is 0 Å². The van der Waals surface area contributed by atoms with Crippen molar-refractivity contribution in [1.29, 1.82) is 0 Å². The van der Waals surface area contributed by atoms with Crippen LogP contribution in [0.25, 0.3) is 0 Å². The fourth-order valence-electron chi connectivity index (χ4n) is 1.22. The third-order valence-electron chi connectivity index (χ3n) is 2.39. The summed E-state index contributed by atoms with van der Waals surface area (Å²) < 4.78 is 0. The van der Waals surface area contributed by atoms with Crippen LogP contribution >= 0.6 is 0 Å². The summed E-state index contributed by atoms with van der Waals surface area (Å²) in [5, 5.41) is 6.41. The SMILES string of the molecule is CCN(C)CCNc1cncc(NC)c1. The minimum Gasteiger partial charge on any atom is -0.387 e. The molecule has 0 fully saturated rings. The Bertz CT molecular complexity index is 288. The summed E-state index contributed by atoms with van der Waals surface area (Å²) in [7, 11) is 4.01. The Labute approximate surface area is 91.7 Å². The standard InChI is InChI=1S/C11H20N4/c1-4-15(3)6-5-14-11-7-10(12-2)8-13-9-11/h7-9,12,14H,4-6H2,1-3H3. The van der Waals surface area contributed by atoms with Crippen LogP contribution in [-0.4, -0.2) is 43.6 Å². The molecule has 0 radical (unpaired) electrons. The summed E-state index contributed by atoms with van der Waals surface area (Å²) in [6.45, 7) is 5.22. The fourth-order valence-corrected chi connectivity index (χ4v) is 1.22. The number of anilines is 2. The first-order chi connectivity index (χ1) is 7.26. The van der Waals surface area contributed by atoms with Crippen molar-refractivity contribution < 1.29 is 0 Å². The van der Waals surface area contributed by atoms with E-state index in [4.69, 9.17) is 0 Å². The van der Waals surface area contributed by atoms with E-state index in [9.17, 15) is 0 Å². The maximum absolute atomic E-state index is 4.13. The monoisotopic (exact) mass is 208 g/mol. The van der Waals surface area contributed by atoms with Gasteiger partial charge in [0.15, 0.2) is 0 Å². The first kappa shape index (κ1) is 11.8. The molecule has 0 aliphatic carbocycles. The second-order valence-corrected chi connectivity index (χ2v) is 3.53. The van der Waals surface area contributed by atoms with Crippen molar-refractivity contribution in [3.8, 4) is 0 Å². The van der Waals surface area contributed by atoms with Gasteiger partial charge >= 0.3 is 0 Å². The van der Waals surface area contributed by atoms with Gasteiger partial charge in [-0.15, -0.1) is 0 Å². The Morgan fingerprint density at radius 3 is 2.73 bits per heavy atom. The minimum atomic E-state index is 0.944. The zero-order chi connectivity index (χ0) is 11.1. The van der Waals surface area contributed by atoms with Crippen LogP contribution in [-0.2, 0) is 0 Å². The molecule has 0 unspecified atom stereocenters. The van der Waals surface area contributed by atoms with Gasteiger partial charge in [0.05, 0.1) is 23.8 Å². The van der Waals surface area contributed by atoms with E-state index in [0.717, 1.165) is 31.0 Å². The molecular weight excluding hydrogens is 188 g/mol. The quantitative estimate of drug-likeness (QED) is 0.743. The Balaban J connectivity index is 2.37. The molecule has 0 amide bonds. The highest BCUT2D eigenvalue weighted by molar-refractivity contribution is 5.53. The maximum Gasteiger partial charge on any atom is 0.0547 e. The molecule has 0 aliphatic rings. The molecule has 0 aliphatic heterocycles. The number of pyridine rings is 1. The van der Waals surface area contributed by atoms with Crippen LogP contribution in [0.4, 0.5) is 11.4 Å². The van der Waals surface area contributed by atoms with E-state index in [1.54, 1.807) is 0 Å². The molecule has 1 aromatic heterocycles. The third kappa shape index (κ3) is 4.16. The molecule has 15 heavy (non-hydrogen) atoms. The average molecular weight is 208 g/mol. The number of likely N-dealkylation sites (N-methyl/N-ethyl adjacent to an activating group) is 1. The van der Waals surface area contributed by atoms with Gasteiger partial charge in [0.25, 0.3) is 0 Å². The fraction of sp³-hybridized carbons (Fsp3) is 0.545. The van der Waals surface area contributed by atoms with Crippen LogP contribution in [0.1, 0.15) is 6.92 Å². The van der Waals surface area contributed by atoms with Gasteiger partial charge in [-0.25, -0.2) is 0 Å². The van der Waals surface area contributed by atoms with Gasteiger partial charge < -0.3 is 15.5 Å². The number of aromatic nitrogens is 1. The number of rotatable bonds is 6. The first-order valence-electron chi connectivity index (χ1n) is 5.31. The van der Waals surface area contributed by atoms with Gasteiger partial charge in [0.2, 0.25) is 0 Å². The van der Waals surface area contributed by atoms with Gasteiger partial charge in [-0.05, 0) is 19.7 Å². The van der Waals surface area contributed by atoms with Crippen molar-refractivity contribution in [2.75, 3.05) is 44.4 Å². The predicted octanol–water partition coefficient (Wildman–Crippen LogP) is 1.49. The van der Waals surface area contributed by atoms with E-state index in [2.05, 4.69) is 40.6 Å². The lowest BCUT2D eigenvalue weighted by atomic mass is 10.3. The van der Waals surface area contributed by atoms with E-state index in [0.29, 0.717) is 0 Å². The summed E-state index contributed by atoms with van der Waals surface area (Å²) in [5.41, 5.74) is 2.09. The molecule has 1 aromatic rings. The molecule has 4 heteroatoms. The van der Waals surface area contributed by atoms with Crippen LogP contribution < -0.4 is 10.6 Å². The molecule has 0 saturated heterocycles. The van der Waals surface area contributed by atoms with Crippen molar-refractivity contribution in [2.45, 2.75) is 6.92 Å². The average Bonchev–Trinajstić information content (AvgIpc) is 2.29. The van der Waals surface area contributed by atoms with Crippen molar-refractivity contribution >= 4 is 11.4 Å². The Hall–Kier alpha value is -1.29. The van der Waals surface area contributed by atoms with Gasteiger partial charge in [0.1, 0.15) is 0 Å². The highest BCUT2D eigenvalue weighted by atomic mass is 15.1. The minimum absolute atomic E-state index is 0.944. The van der Waals surface area contributed by atoms with Crippen molar-refractivity contribution in [3.63, 3.8) is 0 Å². The summed E-state index contributed by atoms with van der Waals surface area (Å²) in [6, 6.07) is 2.05. The second-order valence-electron chi connectivity index (χ2n) is 3.53. The van der Waals surface area contributed by atoms with E-state index in [1.165, 1.54) is 0 Å². The van der Waals surface area contributed by atoms with Gasteiger partial charge in [-0.1, -0.05) is 6.92 Å². The third-order valence-corrected chi connectivity index (χ3v) is 2.39. The van der Waals surface area contributed by atoms with E-state index in [1.807, 2.05) is 19.4 Å². The summed E-state index contributed by atoms with van der Waals surface area (Å²) in [6.07, 6.45) is 3.65. The highest BCUT2D eigenvalue weighted by Gasteiger charge is 1.96. The first-order valence-corrected chi connectivity index (χ1v) is 5.31. The Morgan fingerprint density at radius 2 is 2.07 bits per heavy atom. The van der Waals surface area contributed by atoms with Crippen LogP contribution in [0, 0.1) is 0 Å². The van der Waals surface area contributed by atoms with Crippen LogP contribution in [0.3, 0.4) is 0 Å². The summed E-state index contributed by atoms with van der Waals surface area (Å²) in [5.74, 6) is 0. The lowest BCUT2D eigenvalue weighted by Gasteiger charge is -2.14. The maximum atomic E-state index is 4.13. The molecule has 1 heterocycles. The van der Waals surface area contributed by atoms with Crippen molar-refractivity contribution in [3.05, 3.63) is 18.5 Å². The predicted molar refractivity (Wildman–Crippen MR) is 65.4 cm³/mol. The van der Waals surface area contributed by atoms with Gasteiger partial charge in [-0.2, -0.15) is 0 Å². The van der Waals surface area contributed by atoms with Crippen LogP contribution in [0.5, 0.6) is 0 Å². The zero-order valence-electron chi connectivity index (χ0n) is 9.75. The summed E-state index contributed by atoms with van der Waals surface area (Å²) >= 11 is 0. The molecular formula is C11H20N4. The molecule has 0 bridgehead atoms. The van der Waals surface area contributed by atoms with Gasteiger partial charge in [0, 0.05) is 20.1 Å². The largest absolute Gasteiger partial charge is 0.387 e. The highest BCUT2D eigenvalue weighted by Crippen LogP contribution is 2.11. The van der Waals surface area contributed by atoms with Gasteiger partial charge in [-0.3, -0.25) is 4.98 Å². The molecule has 0 saturated carbocycles. The van der Waals surface area contributed by atoms with E-state index < -0.39 is 0 Å². The second kappa shape index (κ2) is 6.24. The number of hydrogen-bond acceptors (Lipinski definition) is 4. The van der Waals surface area contributed by atoms with E-state index in [-0.39, 0.29) is 0 Å². The molecule has 2 N–H and O–H groups in total. The lowest BCUT2D eigenvalue weighted by molar-refractivity contribution is 0.367. The zero-order valence-corrected chi connectivity index (χ0v) is 9.75. The lowest BCUT2D eigenvalue weighted by Crippen LogP contribution is -2.24. The van der Waals surface area contributed by atoms with E-state index >= 15 is 0 Å². The van der Waals surface area contributed by atoms with Crippen molar-refractivity contribution in [1.82, 2.24) is 9.88 Å². The molecule has 0 atom stereocenters. The summed E-state index contributed by atoms with van der Waals surface area (Å²) in [4.78, 5) is 6.40. The normalized spacial score (nSPS) is 10.4. The topological polar surface area (TPSA) is 40.2 Å². The molecule has 4 nitrogen and oxygen atoms in total. The molecule has 0 aromatic carbocycles. The smallest absolute Gasteiger partial charge is 0.0547 e. The molecule has 84 valence electrons. The Morgan fingerprint density at radius 1 is 1.33 bits per heavy atom. The number of nitrogens with zero attached hydrogens (tertiary/aromatic N) is 2. The molecule has 1 rings (SSSR count). The Kier molecular flexibility index (Phi) is 4.90. The molecule has 0 spiro atoms. The van der Waals surface area contributed by atoms with Crippen molar-refractivity contribution in [2.24, 2.45) is 0 Å². The van der Waals surface area contributed by atoms with Crippen LogP contribution in [0.15, 0.2) is 18.5 Å².